The molecule has 1 N–H and O–H groups in total. The second-order valence-electron chi connectivity index (χ2n) is 6.52. The van der Waals surface area contributed by atoms with Gasteiger partial charge >= 0.3 is 0 Å². The third-order valence-corrected chi connectivity index (χ3v) is 5.15. The van der Waals surface area contributed by atoms with Crippen molar-refractivity contribution in [2.75, 3.05) is 23.4 Å². The molecule has 3 rings (SSSR count). The van der Waals surface area contributed by atoms with E-state index in [1.807, 2.05) is 13.0 Å². The second kappa shape index (κ2) is 10.9. The molecule has 7 nitrogen and oxygen atoms in total. The maximum Gasteiger partial charge on any atom is 0.257 e. The number of hydrogen-bond donors (Lipinski definition) is 1. The smallest absolute Gasteiger partial charge is 0.257 e. The average Bonchev–Trinajstić information content (AvgIpc) is 3.22. The first-order chi connectivity index (χ1) is 15.1. The van der Waals surface area contributed by atoms with Gasteiger partial charge in [-0.25, -0.2) is 4.98 Å². The van der Waals surface area contributed by atoms with Gasteiger partial charge in [-0.2, -0.15) is 5.26 Å². The third kappa shape index (κ3) is 6.14. The molecule has 0 fully saturated rings. The van der Waals surface area contributed by atoms with Crippen LogP contribution in [-0.4, -0.2) is 29.9 Å². The number of rotatable bonds is 9. The van der Waals surface area contributed by atoms with Crippen molar-refractivity contribution >= 4 is 34.0 Å². The SMILES string of the molecule is CCOc1ccc(N(CCC#N)C(=O)Cc2csc(NC(=O)c3ccccc3)n2)cc1. The number of anilines is 2. The summed E-state index contributed by atoms with van der Waals surface area (Å²) < 4.78 is 5.45. The van der Waals surface area contributed by atoms with Crippen molar-refractivity contribution < 1.29 is 14.3 Å². The maximum absolute atomic E-state index is 12.9. The Labute approximate surface area is 184 Å². The molecule has 0 bridgehead atoms. The fourth-order valence-corrected chi connectivity index (χ4v) is 3.61. The highest BCUT2D eigenvalue weighted by atomic mass is 32.1. The van der Waals surface area contributed by atoms with Gasteiger partial charge in [-0.3, -0.25) is 14.9 Å². The van der Waals surface area contributed by atoms with Crippen LogP contribution < -0.4 is 15.0 Å². The normalized spacial score (nSPS) is 10.2. The summed E-state index contributed by atoms with van der Waals surface area (Å²) in [6, 6.07) is 18.1. The number of hydrogen-bond acceptors (Lipinski definition) is 6. The van der Waals surface area contributed by atoms with E-state index in [1.165, 1.54) is 11.3 Å². The summed E-state index contributed by atoms with van der Waals surface area (Å²) in [6.45, 7) is 2.75. The first-order valence-electron chi connectivity index (χ1n) is 9.81. The van der Waals surface area contributed by atoms with Crippen molar-refractivity contribution in [2.45, 2.75) is 19.8 Å². The van der Waals surface area contributed by atoms with Gasteiger partial charge < -0.3 is 9.64 Å². The van der Waals surface area contributed by atoms with Gasteiger partial charge in [-0.05, 0) is 43.3 Å². The molecule has 0 atom stereocenters. The summed E-state index contributed by atoms with van der Waals surface area (Å²) in [4.78, 5) is 31.2. The lowest BCUT2D eigenvalue weighted by Gasteiger charge is -2.21. The lowest BCUT2D eigenvalue weighted by molar-refractivity contribution is -0.118. The third-order valence-electron chi connectivity index (χ3n) is 4.35. The summed E-state index contributed by atoms with van der Waals surface area (Å²) in [5.74, 6) is 0.292. The van der Waals surface area contributed by atoms with Crippen LogP contribution in [0.3, 0.4) is 0 Å². The quantitative estimate of drug-likeness (QED) is 0.542. The van der Waals surface area contributed by atoms with E-state index in [4.69, 9.17) is 10.00 Å². The van der Waals surface area contributed by atoms with Crippen molar-refractivity contribution in [2.24, 2.45) is 0 Å². The Morgan fingerprint density at radius 1 is 1.16 bits per heavy atom. The van der Waals surface area contributed by atoms with Crippen LogP contribution in [0.25, 0.3) is 0 Å². The van der Waals surface area contributed by atoms with Gasteiger partial charge in [-0.15, -0.1) is 11.3 Å². The molecule has 2 amide bonds. The fourth-order valence-electron chi connectivity index (χ4n) is 2.90. The van der Waals surface area contributed by atoms with E-state index in [-0.39, 0.29) is 31.2 Å². The summed E-state index contributed by atoms with van der Waals surface area (Å²) in [5.41, 5.74) is 1.79. The molecule has 8 heteroatoms. The molecule has 158 valence electrons. The topological polar surface area (TPSA) is 95.3 Å². The Bertz CT molecular complexity index is 1060. The zero-order valence-electron chi connectivity index (χ0n) is 17.1. The molecule has 0 spiro atoms. The number of aromatic nitrogens is 1. The number of nitrogens with zero attached hydrogens (tertiary/aromatic N) is 3. The molecular formula is C23H22N4O3S. The molecule has 2 aromatic carbocycles. The Hall–Kier alpha value is -3.70. The molecule has 1 aromatic heterocycles. The maximum atomic E-state index is 12.9. The van der Waals surface area contributed by atoms with Crippen LogP contribution in [0.4, 0.5) is 10.8 Å². The van der Waals surface area contributed by atoms with Crippen molar-refractivity contribution in [3.8, 4) is 11.8 Å². The number of carbonyl (C=O) groups is 2. The number of nitriles is 1. The second-order valence-corrected chi connectivity index (χ2v) is 7.38. The summed E-state index contributed by atoms with van der Waals surface area (Å²) in [6.07, 6.45) is 0.282. The van der Waals surface area contributed by atoms with Crippen LogP contribution in [0.15, 0.2) is 60.0 Å². The van der Waals surface area contributed by atoms with E-state index in [0.717, 1.165) is 5.75 Å². The predicted octanol–water partition coefficient (Wildman–Crippen LogP) is 4.28. The molecular weight excluding hydrogens is 412 g/mol. The van der Waals surface area contributed by atoms with Gasteiger partial charge in [0.2, 0.25) is 5.91 Å². The van der Waals surface area contributed by atoms with Crippen LogP contribution in [-0.2, 0) is 11.2 Å². The highest BCUT2D eigenvalue weighted by Crippen LogP contribution is 2.22. The lowest BCUT2D eigenvalue weighted by Crippen LogP contribution is -2.33. The van der Waals surface area contributed by atoms with Crippen molar-refractivity contribution in [1.29, 1.82) is 5.26 Å². The standard InChI is InChI=1S/C23H22N4O3S/c1-2-30-20-11-9-19(10-12-20)27(14-6-13-24)21(28)15-18-16-31-23(25-18)26-22(29)17-7-4-3-5-8-17/h3-5,7-12,16H,2,6,14-15H2,1H3,(H,25,26,29). The van der Waals surface area contributed by atoms with Crippen LogP contribution in [0.5, 0.6) is 5.75 Å². The molecule has 0 aliphatic heterocycles. The number of thiazole rings is 1. The first-order valence-corrected chi connectivity index (χ1v) is 10.7. The number of ether oxygens (including phenoxy) is 1. The molecule has 3 aromatic rings. The molecule has 0 aliphatic rings. The van der Waals surface area contributed by atoms with Crippen LogP contribution in [0, 0.1) is 11.3 Å². The van der Waals surface area contributed by atoms with Gasteiger partial charge in [0.05, 0.1) is 31.2 Å². The van der Waals surface area contributed by atoms with Crippen molar-refractivity contribution in [1.82, 2.24) is 4.98 Å². The Morgan fingerprint density at radius 3 is 2.58 bits per heavy atom. The molecule has 0 saturated carbocycles. The first kappa shape index (κ1) is 22.0. The summed E-state index contributed by atoms with van der Waals surface area (Å²) in [7, 11) is 0. The molecule has 0 aliphatic carbocycles. The molecule has 31 heavy (non-hydrogen) atoms. The van der Waals surface area contributed by atoms with Gasteiger partial charge in [0, 0.05) is 23.2 Å². The van der Waals surface area contributed by atoms with Crippen LogP contribution in [0.1, 0.15) is 29.4 Å². The highest BCUT2D eigenvalue weighted by Gasteiger charge is 2.18. The number of nitrogens with one attached hydrogen (secondary N) is 1. The highest BCUT2D eigenvalue weighted by molar-refractivity contribution is 7.14. The van der Waals surface area contributed by atoms with Crippen molar-refractivity contribution in [3.05, 3.63) is 71.2 Å². The monoisotopic (exact) mass is 434 g/mol. The van der Waals surface area contributed by atoms with E-state index < -0.39 is 0 Å². The Morgan fingerprint density at radius 2 is 1.90 bits per heavy atom. The molecule has 0 saturated heterocycles. The van der Waals surface area contributed by atoms with Gasteiger partial charge in [0.1, 0.15) is 5.75 Å². The van der Waals surface area contributed by atoms with Gasteiger partial charge in [0.25, 0.3) is 5.91 Å². The number of benzene rings is 2. The van der Waals surface area contributed by atoms with E-state index in [0.29, 0.717) is 28.7 Å². The minimum atomic E-state index is -0.252. The predicted molar refractivity (Wildman–Crippen MR) is 120 cm³/mol. The van der Waals surface area contributed by atoms with Gasteiger partial charge in [-0.1, -0.05) is 18.2 Å². The van der Waals surface area contributed by atoms with Crippen LogP contribution in [0.2, 0.25) is 0 Å². The molecule has 1 heterocycles. The van der Waals surface area contributed by atoms with Gasteiger partial charge in [0.15, 0.2) is 5.13 Å². The van der Waals surface area contributed by atoms with E-state index in [2.05, 4.69) is 16.4 Å². The molecule has 0 unspecified atom stereocenters. The number of amides is 2. The summed E-state index contributed by atoms with van der Waals surface area (Å²) in [5, 5.41) is 13.9. The minimum Gasteiger partial charge on any atom is -0.494 e. The largest absolute Gasteiger partial charge is 0.494 e. The number of carbonyl (C=O) groups excluding carboxylic acids is 2. The van der Waals surface area contributed by atoms with E-state index in [1.54, 1.807) is 58.8 Å². The van der Waals surface area contributed by atoms with E-state index in [9.17, 15) is 9.59 Å². The minimum absolute atomic E-state index is 0.0658. The van der Waals surface area contributed by atoms with E-state index >= 15 is 0 Å². The van der Waals surface area contributed by atoms with Crippen molar-refractivity contribution in [3.63, 3.8) is 0 Å². The average molecular weight is 435 g/mol. The zero-order valence-corrected chi connectivity index (χ0v) is 17.9. The fraction of sp³-hybridized carbons (Fsp3) is 0.217. The van der Waals surface area contributed by atoms with Crippen LogP contribution >= 0.6 is 11.3 Å². The molecule has 0 radical (unpaired) electrons. The lowest BCUT2D eigenvalue weighted by atomic mass is 10.2. The Balaban J connectivity index is 1.67. The zero-order chi connectivity index (χ0) is 22.1. The Kier molecular flexibility index (Phi) is 7.73. The summed E-state index contributed by atoms with van der Waals surface area (Å²) >= 11 is 1.26.